The number of rotatable bonds is 4. The van der Waals surface area contributed by atoms with Crippen LogP contribution in [0.15, 0.2) is 156 Å². The van der Waals surface area contributed by atoms with Crippen molar-refractivity contribution in [2.45, 2.75) is 0 Å². The number of para-hydroxylation sites is 2. The smallest absolute Gasteiger partial charge is 0.137 e. The largest absolute Gasteiger partial charge is 0.456 e. The van der Waals surface area contributed by atoms with Crippen molar-refractivity contribution < 1.29 is 4.42 Å². The Bertz CT molecular complexity index is 2170. The Hall–Kier alpha value is -5.34. The molecule has 0 bridgehead atoms. The van der Waals surface area contributed by atoms with Gasteiger partial charge in [-0.1, -0.05) is 103 Å². The highest BCUT2D eigenvalue weighted by molar-refractivity contribution is 6.10. The Morgan fingerprint density at radius 1 is 0.425 bits per heavy atom. The van der Waals surface area contributed by atoms with Crippen LogP contribution in [-0.4, -0.2) is 0 Å². The van der Waals surface area contributed by atoms with Gasteiger partial charge in [-0.25, -0.2) is 0 Å². The first-order valence-electron chi connectivity index (χ1n) is 13.6. The molecule has 188 valence electrons. The van der Waals surface area contributed by atoms with Crippen molar-refractivity contribution >= 4 is 60.5 Å². The molecule has 8 rings (SSSR count). The van der Waals surface area contributed by atoms with Crippen molar-refractivity contribution in [1.29, 1.82) is 0 Å². The molecule has 8 aromatic rings. The zero-order valence-electron chi connectivity index (χ0n) is 21.8. The maximum absolute atomic E-state index is 6.31. The van der Waals surface area contributed by atoms with E-state index < -0.39 is 0 Å². The average Bonchev–Trinajstić information content (AvgIpc) is 3.39. The number of furan rings is 1. The first-order valence-corrected chi connectivity index (χ1v) is 13.6. The molecule has 0 aliphatic rings. The van der Waals surface area contributed by atoms with Gasteiger partial charge in [-0.3, -0.25) is 0 Å². The first kappa shape index (κ1) is 22.6. The molecule has 0 N–H and O–H groups in total. The van der Waals surface area contributed by atoms with Crippen LogP contribution in [-0.2, 0) is 0 Å². The van der Waals surface area contributed by atoms with E-state index in [9.17, 15) is 0 Å². The van der Waals surface area contributed by atoms with Gasteiger partial charge in [0.05, 0.1) is 5.69 Å². The van der Waals surface area contributed by atoms with E-state index in [1.807, 2.05) is 12.1 Å². The minimum Gasteiger partial charge on any atom is -0.456 e. The molecule has 0 unspecified atom stereocenters. The summed E-state index contributed by atoms with van der Waals surface area (Å²) in [5, 5.41) is 7.17. The molecule has 0 aliphatic carbocycles. The highest BCUT2D eigenvalue weighted by Crippen LogP contribution is 2.44. The Balaban J connectivity index is 1.39. The minimum atomic E-state index is 0.884. The van der Waals surface area contributed by atoms with Gasteiger partial charge >= 0.3 is 0 Å². The van der Waals surface area contributed by atoms with Gasteiger partial charge in [0.15, 0.2) is 0 Å². The van der Waals surface area contributed by atoms with Gasteiger partial charge in [0.2, 0.25) is 0 Å². The predicted octanol–water partition coefficient (Wildman–Crippen LogP) is 11.0. The Morgan fingerprint density at radius 2 is 1.15 bits per heavy atom. The standard InChI is InChI=1S/C38H25NO/c1-2-14-30(15-3-1)39(31-22-23-34-33-16-6-7-19-36(33)40-37(34)25-31)35-18-9-13-27-12-8-17-32(38(27)35)29-21-20-26-10-4-5-11-28(26)24-29/h1-25H. The first-order chi connectivity index (χ1) is 19.8. The molecule has 0 atom stereocenters. The molecule has 0 spiro atoms. The highest BCUT2D eigenvalue weighted by Gasteiger charge is 2.19. The molecule has 1 aromatic heterocycles. The SMILES string of the molecule is c1ccc(N(c2ccc3c(c2)oc2ccccc23)c2cccc3cccc(-c4ccc5ccccc5c4)c23)cc1. The Kier molecular flexibility index (Phi) is 5.17. The molecule has 2 nitrogen and oxygen atoms in total. The monoisotopic (exact) mass is 511 g/mol. The van der Waals surface area contributed by atoms with Gasteiger partial charge in [0, 0.05) is 33.6 Å². The molecular formula is C38H25NO. The lowest BCUT2D eigenvalue weighted by Crippen LogP contribution is -2.10. The van der Waals surface area contributed by atoms with E-state index in [2.05, 4.69) is 144 Å². The number of hydrogen-bond donors (Lipinski definition) is 0. The summed E-state index contributed by atoms with van der Waals surface area (Å²) in [4.78, 5) is 2.35. The predicted molar refractivity (Wildman–Crippen MR) is 169 cm³/mol. The third-order valence-electron chi connectivity index (χ3n) is 7.82. The van der Waals surface area contributed by atoms with Gasteiger partial charge < -0.3 is 9.32 Å². The summed E-state index contributed by atoms with van der Waals surface area (Å²) in [6.45, 7) is 0. The van der Waals surface area contributed by atoms with Crippen LogP contribution in [0.3, 0.4) is 0 Å². The summed E-state index contributed by atoms with van der Waals surface area (Å²) >= 11 is 0. The topological polar surface area (TPSA) is 16.4 Å². The van der Waals surface area contributed by atoms with Crippen LogP contribution >= 0.6 is 0 Å². The van der Waals surface area contributed by atoms with Crippen LogP contribution in [0.1, 0.15) is 0 Å². The number of nitrogens with zero attached hydrogens (tertiary/aromatic N) is 1. The quantitative estimate of drug-likeness (QED) is 0.234. The van der Waals surface area contributed by atoms with Gasteiger partial charge in [0.25, 0.3) is 0 Å². The van der Waals surface area contributed by atoms with E-state index in [0.29, 0.717) is 0 Å². The third kappa shape index (κ3) is 3.65. The second-order valence-electron chi connectivity index (χ2n) is 10.2. The van der Waals surface area contributed by atoms with Crippen LogP contribution in [0.5, 0.6) is 0 Å². The number of fused-ring (bicyclic) bond motifs is 5. The van der Waals surface area contributed by atoms with Crippen molar-refractivity contribution in [2.75, 3.05) is 4.90 Å². The summed E-state index contributed by atoms with van der Waals surface area (Å²) in [5.74, 6) is 0. The summed E-state index contributed by atoms with van der Waals surface area (Å²) in [6.07, 6.45) is 0. The van der Waals surface area contributed by atoms with Crippen molar-refractivity contribution in [3.05, 3.63) is 152 Å². The second kappa shape index (κ2) is 9.14. The summed E-state index contributed by atoms with van der Waals surface area (Å²) < 4.78 is 6.31. The second-order valence-corrected chi connectivity index (χ2v) is 10.2. The van der Waals surface area contributed by atoms with E-state index >= 15 is 0 Å². The fraction of sp³-hybridized carbons (Fsp3) is 0. The molecule has 0 radical (unpaired) electrons. The van der Waals surface area contributed by atoms with Gasteiger partial charge in [0.1, 0.15) is 11.2 Å². The van der Waals surface area contributed by atoms with Crippen molar-refractivity contribution in [3.8, 4) is 11.1 Å². The normalized spacial score (nSPS) is 11.5. The van der Waals surface area contributed by atoms with E-state index in [0.717, 1.165) is 39.0 Å². The molecule has 0 aliphatic heterocycles. The number of benzene rings is 7. The van der Waals surface area contributed by atoms with Crippen molar-refractivity contribution in [2.24, 2.45) is 0 Å². The number of hydrogen-bond acceptors (Lipinski definition) is 2. The van der Waals surface area contributed by atoms with Gasteiger partial charge in [-0.2, -0.15) is 0 Å². The van der Waals surface area contributed by atoms with Crippen LogP contribution in [0.4, 0.5) is 17.1 Å². The molecule has 0 fully saturated rings. The van der Waals surface area contributed by atoms with Crippen molar-refractivity contribution in [1.82, 2.24) is 0 Å². The molecule has 2 heteroatoms. The fourth-order valence-electron chi connectivity index (χ4n) is 5.96. The lowest BCUT2D eigenvalue weighted by molar-refractivity contribution is 0.669. The fourth-order valence-corrected chi connectivity index (χ4v) is 5.96. The van der Waals surface area contributed by atoms with Crippen molar-refractivity contribution in [3.63, 3.8) is 0 Å². The Morgan fingerprint density at radius 3 is 2.05 bits per heavy atom. The van der Waals surface area contributed by atoms with Gasteiger partial charge in [-0.05, 0) is 69.8 Å². The molecular weight excluding hydrogens is 486 g/mol. The maximum atomic E-state index is 6.31. The third-order valence-corrected chi connectivity index (χ3v) is 7.82. The minimum absolute atomic E-state index is 0.884. The van der Waals surface area contributed by atoms with Gasteiger partial charge in [-0.15, -0.1) is 0 Å². The summed E-state index contributed by atoms with van der Waals surface area (Å²) in [5.41, 5.74) is 7.49. The van der Waals surface area contributed by atoms with E-state index in [1.165, 1.54) is 32.7 Å². The van der Waals surface area contributed by atoms with Crippen LogP contribution in [0, 0.1) is 0 Å². The molecule has 7 aromatic carbocycles. The summed E-state index contributed by atoms with van der Waals surface area (Å²) in [6, 6.07) is 53.9. The zero-order chi connectivity index (χ0) is 26.5. The van der Waals surface area contributed by atoms with E-state index in [1.54, 1.807) is 0 Å². The Labute approximate surface area is 232 Å². The lowest BCUT2D eigenvalue weighted by atomic mass is 9.94. The average molecular weight is 512 g/mol. The number of anilines is 3. The van der Waals surface area contributed by atoms with E-state index in [-0.39, 0.29) is 0 Å². The zero-order valence-corrected chi connectivity index (χ0v) is 21.8. The summed E-state index contributed by atoms with van der Waals surface area (Å²) in [7, 11) is 0. The highest BCUT2D eigenvalue weighted by atomic mass is 16.3. The molecule has 1 heterocycles. The maximum Gasteiger partial charge on any atom is 0.137 e. The molecule has 0 saturated heterocycles. The van der Waals surface area contributed by atoms with E-state index in [4.69, 9.17) is 4.42 Å². The lowest BCUT2D eigenvalue weighted by Gasteiger charge is -2.27. The molecule has 40 heavy (non-hydrogen) atoms. The van der Waals surface area contributed by atoms with Crippen LogP contribution in [0.25, 0.3) is 54.6 Å². The van der Waals surface area contributed by atoms with Crippen LogP contribution < -0.4 is 4.90 Å². The molecule has 0 amide bonds. The molecule has 0 saturated carbocycles. The van der Waals surface area contributed by atoms with Crippen LogP contribution in [0.2, 0.25) is 0 Å².